The lowest BCUT2D eigenvalue weighted by Crippen LogP contribution is -2.62. The van der Waals surface area contributed by atoms with E-state index in [0.29, 0.717) is 17.2 Å². The van der Waals surface area contributed by atoms with Crippen LogP contribution in [0.15, 0.2) is 72.8 Å². The number of nitrogens with one attached hydrogen (secondary N) is 1. The van der Waals surface area contributed by atoms with Crippen LogP contribution < -0.4 is 20.5 Å². The molecule has 3 aromatic rings. The second kappa shape index (κ2) is 11.4. The minimum absolute atomic E-state index is 0.0542. The van der Waals surface area contributed by atoms with E-state index in [9.17, 15) is 14.7 Å². The summed E-state index contributed by atoms with van der Waals surface area (Å²) in [5, 5.41) is 11.9. The molecule has 9 nitrogen and oxygen atoms in total. The largest absolute Gasteiger partial charge is 0.478 e. The van der Waals surface area contributed by atoms with E-state index < -0.39 is 23.5 Å². The van der Waals surface area contributed by atoms with Crippen molar-refractivity contribution >= 4 is 17.6 Å². The topological polar surface area (TPSA) is 129 Å². The average Bonchev–Trinajstić information content (AvgIpc) is 2.90. The van der Waals surface area contributed by atoms with Gasteiger partial charge in [-0.25, -0.2) is 4.79 Å². The number of rotatable bonds is 6. The highest BCUT2D eigenvalue weighted by Crippen LogP contribution is 2.45. The van der Waals surface area contributed by atoms with Crippen molar-refractivity contribution in [1.29, 1.82) is 0 Å². The molecule has 0 spiro atoms. The molecular weight excluding hydrogens is 476 g/mol. The number of benzene rings is 3. The van der Waals surface area contributed by atoms with E-state index >= 15 is 0 Å². The second-order valence-electron chi connectivity index (χ2n) is 8.67. The van der Waals surface area contributed by atoms with E-state index in [1.807, 2.05) is 37.3 Å². The normalized spacial score (nSPS) is 20.7. The lowest BCUT2D eigenvalue weighted by atomic mass is 10.1. The number of nitrogens with two attached hydrogens (primary N) is 1. The number of ether oxygens (including phenoxy) is 4. The number of carbonyl (C=O) groups is 2. The predicted molar refractivity (Wildman–Crippen MR) is 139 cm³/mol. The number of carbonyl (C=O) groups excluding carboxylic acids is 1. The van der Waals surface area contributed by atoms with Gasteiger partial charge in [-0.05, 0) is 36.8 Å². The Bertz CT molecular complexity index is 1250. The fourth-order valence-electron chi connectivity index (χ4n) is 3.63. The van der Waals surface area contributed by atoms with Crippen molar-refractivity contribution in [2.75, 3.05) is 19.5 Å². The van der Waals surface area contributed by atoms with Crippen LogP contribution in [0.2, 0.25) is 0 Å². The van der Waals surface area contributed by atoms with Crippen LogP contribution in [0.5, 0.6) is 11.5 Å². The highest BCUT2D eigenvalue weighted by molar-refractivity contribution is 6.10. The van der Waals surface area contributed by atoms with Gasteiger partial charge in [0.05, 0.1) is 11.1 Å². The molecule has 0 aliphatic carbocycles. The summed E-state index contributed by atoms with van der Waals surface area (Å²) in [4.78, 5) is 23.9. The third-order valence-electron chi connectivity index (χ3n) is 6.14. The number of hydrogen-bond donors (Lipinski definition) is 3. The molecule has 3 aromatic carbocycles. The Morgan fingerprint density at radius 2 is 1.41 bits per heavy atom. The first-order valence-corrected chi connectivity index (χ1v) is 11.6. The minimum atomic E-state index is -1.23. The number of hydrogen-bond acceptors (Lipinski definition) is 7. The van der Waals surface area contributed by atoms with Crippen LogP contribution in [-0.2, 0) is 9.47 Å². The van der Waals surface area contributed by atoms with Crippen molar-refractivity contribution in [2.24, 2.45) is 5.73 Å². The summed E-state index contributed by atoms with van der Waals surface area (Å²) in [6.07, 6.45) is 0. The van der Waals surface area contributed by atoms with Crippen molar-refractivity contribution in [3.63, 3.8) is 0 Å². The van der Waals surface area contributed by atoms with E-state index in [0.717, 1.165) is 0 Å². The number of carboxylic acid groups (broad SMARTS) is 1. The van der Waals surface area contributed by atoms with Crippen LogP contribution in [0.4, 0.5) is 5.69 Å². The van der Waals surface area contributed by atoms with Crippen molar-refractivity contribution in [3.05, 3.63) is 89.5 Å². The molecule has 1 aliphatic rings. The first kappa shape index (κ1) is 27.7. The molecule has 3 atom stereocenters. The summed E-state index contributed by atoms with van der Waals surface area (Å²) >= 11 is 0. The zero-order valence-corrected chi connectivity index (χ0v) is 21.5. The van der Waals surface area contributed by atoms with Crippen LogP contribution >= 0.6 is 0 Å². The van der Waals surface area contributed by atoms with Gasteiger partial charge in [-0.2, -0.15) is 0 Å². The van der Waals surface area contributed by atoms with Crippen LogP contribution in [-0.4, -0.2) is 42.8 Å². The predicted octanol–water partition coefficient (Wildman–Crippen LogP) is 4.84. The SMILES string of the molecule is COC1(C)Oc2ccc(NC(=O)c3ccccc3C(=O)O)cc2OC1(C)OC.C[C@@H](N)c1ccccc1. The van der Waals surface area contributed by atoms with Gasteiger partial charge in [-0.15, -0.1) is 0 Å². The number of amides is 1. The van der Waals surface area contributed by atoms with E-state index in [-0.39, 0.29) is 17.2 Å². The first-order valence-electron chi connectivity index (χ1n) is 11.6. The molecule has 4 rings (SSSR count). The maximum atomic E-state index is 12.5. The van der Waals surface area contributed by atoms with E-state index in [2.05, 4.69) is 5.32 Å². The Labute approximate surface area is 216 Å². The summed E-state index contributed by atoms with van der Waals surface area (Å²) in [7, 11) is 2.96. The first-order chi connectivity index (χ1) is 17.5. The fourth-order valence-corrected chi connectivity index (χ4v) is 3.63. The van der Waals surface area contributed by atoms with Crippen molar-refractivity contribution in [3.8, 4) is 11.5 Å². The monoisotopic (exact) mass is 508 g/mol. The summed E-state index contributed by atoms with van der Waals surface area (Å²) in [6, 6.07) is 21.0. The molecule has 1 amide bonds. The third-order valence-corrected chi connectivity index (χ3v) is 6.14. The van der Waals surface area contributed by atoms with E-state index in [4.69, 9.17) is 24.7 Å². The Balaban J connectivity index is 0.000000356. The molecule has 37 heavy (non-hydrogen) atoms. The van der Waals surface area contributed by atoms with Gasteiger partial charge in [0.1, 0.15) is 0 Å². The van der Waals surface area contributed by atoms with Gasteiger partial charge in [-0.3, -0.25) is 4.79 Å². The Hall–Kier alpha value is -3.92. The molecule has 0 fully saturated rings. The summed E-state index contributed by atoms with van der Waals surface area (Å²) in [6.45, 7) is 5.35. The van der Waals surface area contributed by atoms with Crippen LogP contribution in [0.1, 0.15) is 53.1 Å². The molecule has 196 valence electrons. The van der Waals surface area contributed by atoms with E-state index in [1.54, 1.807) is 44.2 Å². The average molecular weight is 509 g/mol. The summed E-state index contributed by atoms with van der Waals surface area (Å²) in [5.41, 5.74) is 7.19. The Kier molecular flexibility index (Phi) is 8.54. The maximum absolute atomic E-state index is 12.5. The minimum Gasteiger partial charge on any atom is -0.478 e. The Morgan fingerprint density at radius 1 is 0.865 bits per heavy atom. The fraction of sp³-hybridized carbons (Fsp3) is 0.286. The molecule has 0 saturated carbocycles. The lowest BCUT2D eigenvalue weighted by Gasteiger charge is -2.46. The van der Waals surface area contributed by atoms with Gasteiger partial charge in [0.15, 0.2) is 11.5 Å². The van der Waals surface area contributed by atoms with Gasteiger partial charge < -0.3 is 35.1 Å². The van der Waals surface area contributed by atoms with E-state index in [1.165, 1.54) is 31.9 Å². The van der Waals surface area contributed by atoms with Crippen molar-refractivity contribution < 1.29 is 33.6 Å². The van der Waals surface area contributed by atoms with Gasteiger partial charge >= 0.3 is 5.97 Å². The number of fused-ring (bicyclic) bond motifs is 1. The van der Waals surface area contributed by atoms with Gasteiger partial charge in [0, 0.05) is 45.9 Å². The Morgan fingerprint density at radius 3 is 1.92 bits per heavy atom. The zero-order chi connectivity index (χ0) is 27.2. The standard InChI is InChI=1S/C20H21NO7.C8H11N/c1-19(25-3)20(2,26-4)28-16-11-12(9-10-15(16)27-19)21-17(22)13-7-5-6-8-14(13)18(23)24;1-7(9)8-5-3-2-4-6-8/h5-11H,1-4H3,(H,21,22)(H,23,24);2-7H,9H2,1H3/t;7-/m.1/s1. The number of anilines is 1. The maximum Gasteiger partial charge on any atom is 0.336 e. The van der Waals surface area contributed by atoms with Gasteiger partial charge in [0.25, 0.3) is 17.5 Å². The molecule has 0 aromatic heterocycles. The molecular formula is C28H32N2O7. The summed E-state index contributed by atoms with van der Waals surface area (Å²) < 4.78 is 22.7. The lowest BCUT2D eigenvalue weighted by molar-refractivity contribution is -0.345. The number of methoxy groups -OCH3 is 2. The molecule has 2 unspecified atom stereocenters. The van der Waals surface area contributed by atoms with Crippen LogP contribution in [0.25, 0.3) is 0 Å². The molecule has 0 radical (unpaired) electrons. The zero-order valence-electron chi connectivity index (χ0n) is 21.5. The van der Waals surface area contributed by atoms with Crippen LogP contribution in [0, 0.1) is 0 Å². The number of aromatic carboxylic acids is 1. The third kappa shape index (κ3) is 6.08. The molecule has 1 heterocycles. The smallest absolute Gasteiger partial charge is 0.336 e. The highest BCUT2D eigenvalue weighted by Gasteiger charge is 2.54. The van der Waals surface area contributed by atoms with Crippen molar-refractivity contribution in [1.82, 2.24) is 0 Å². The molecule has 0 saturated heterocycles. The quantitative estimate of drug-likeness (QED) is 0.431. The molecule has 9 heteroatoms. The highest BCUT2D eigenvalue weighted by atomic mass is 16.8. The van der Waals surface area contributed by atoms with Crippen LogP contribution in [0.3, 0.4) is 0 Å². The molecule has 4 N–H and O–H groups in total. The number of carboxylic acids is 1. The second-order valence-corrected chi connectivity index (χ2v) is 8.67. The summed E-state index contributed by atoms with van der Waals surface area (Å²) in [5.74, 6) is -3.37. The van der Waals surface area contributed by atoms with Crippen molar-refractivity contribution in [2.45, 2.75) is 38.4 Å². The van der Waals surface area contributed by atoms with Gasteiger partial charge in [0.2, 0.25) is 0 Å². The van der Waals surface area contributed by atoms with Gasteiger partial charge in [-0.1, -0.05) is 42.5 Å². The molecule has 1 aliphatic heterocycles. The molecule has 0 bridgehead atoms.